The average molecular weight is 294 g/mol. The molecular formula is C13H22N6S. The van der Waals surface area contributed by atoms with Crippen molar-refractivity contribution < 1.29 is 0 Å². The minimum absolute atomic E-state index is 0.0271. The summed E-state index contributed by atoms with van der Waals surface area (Å²) in [7, 11) is 2.00. The van der Waals surface area contributed by atoms with Crippen LogP contribution < -0.4 is 11.3 Å². The first-order chi connectivity index (χ1) is 9.43. The molecule has 1 atom stereocenters. The Morgan fingerprint density at radius 2 is 2.20 bits per heavy atom. The molecule has 0 aromatic carbocycles. The average Bonchev–Trinajstić information content (AvgIpc) is 2.99. The Morgan fingerprint density at radius 3 is 2.75 bits per heavy atom. The number of aromatic nitrogens is 4. The molecule has 2 aromatic rings. The second-order valence-corrected chi connectivity index (χ2v) is 6.73. The van der Waals surface area contributed by atoms with Crippen molar-refractivity contribution in [1.82, 2.24) is 24.6 Å². The third-order valence-electron chi connectivity index (χ3n) is 3.32. The van der Waals surface area contributed by atoms with E-state index in [1.807, 2.05) is 24.0 Å². The molecule has 0 saturated heterocycles. The van der Waals surface area contributed by atoms with Crippen molar-refractivity contribution in [2.75, 3.05) is 0 Å². The van der Waals surface area contributed by atoms with E-state index < -0.39 is 0 Å². The van der Waals surface area contributed by atoms with Gasteiger partial charge in [-0.25, -0.2) is 4.98 Å². The van der Waals surface area contributed by atoms with Crippen LogP contribution in [0, 0.1) is 0 Å². The Balaban J connectivity index is 2.13. The van der Waals surface area contributed by atoms with E-state index in [9.17, 15) is 0 Å². The predicted molar refractivity (Wildman–Crippen MR) is 80.2 cm³/mol. The van der Waals surface area contributed by atoms with Gasteiger partial charge in [0.25, 0.3) is 0 Å². The number of rotatable bonds is 5. The number of nitrogens with two attached hydrogens (primary N) is 1. The second-order valence-electron chi connectivity index (χ2n) is 5.95. The monoisotopic (exact) mass is 294 g/mol. The number of imidazole rings is 1. The lowest BCUT2D eigenvalue weighted by atomic mass is 9.89. The molecule has 6 nitrogen and oxygen atoms in total. The molecule has 1 unspecified atom stereocenters. The van der Waals surface area contributed by atoms with E-state index in [1.165, 1.54) is 11.5 Å². The second kappa shape index (κ2) is 5.99. The van der Waals surface area contributed by atoms with Crippen LogP contribution in [-0.4, -0.2) is 19.1 Å². The van der Waals surface area contributed by atoms with E-state index in [0.29, 0.717) is 0 Å². The van der Waals surface area contributed by atoms with Gasteiger partial charge in [-0.2, -0.15) is 0 Å². The van der Waals surface area contributed by atoms with Gasteiger partial charge in [0.1, 0.15) is 5.82 Å². The highest BCUT2D eigenvalue weighted by atomic mass is 32.1. The van der Waals surface area contributed by atoms with Crippen molar-refractivity contribution in [3.63, 3.8) is 0 Å². The van der Waals surface area contributed by atoms with Crippen LogP contribution in [0.4, 0.5) is 0 Å². The van der Waals surface area contributed by atoms with Gasteiger partial charge in [-0.05, 0) is 18.0 Å². The van der Waals surface area contributed by atoms with Crippen LogP contribution in [0.15, 0.2) is 12.4 Å². The Labute approximate surface area is 123 Å². The van der Waals surface area contributed by atoms with E-state index in [2.05, 4.69) is 40.8 Å². The number of hydrogen-bond donors (Lipinski definition) is 2. The molecule has 3 N–H and O–H groups in total. The molecule has 0 radical (unpaired) electrons. The van der Waals surface area contributed by atoms with E-state index in [0.717, 1.165) is 29.2 Å². The lowest BCUT2D eigenvalue weighted by molar-refractivity contribution is 0.488. The van der Waals surface area contributed by atoms with Gasteiger partial charge in [0.05, 0.1) is 16.6 Å². The molecule has 0 spiro atoms. The lowest BCUT2D eigenvalue weighted by Gasteiger charge is -2.21. The highest BCUT2D eigenvalue weighted by molar-refractivity contribution is 7.05. The molecule has 110 valence electrons. The normalized spacial score (nSPS) is 13.7. The molecule has 0 saturated carbocycles. The standard InChI is InChI=1S/C13H22N6S/c1-13(2,3)12-11(20-18-17-12)9(16-14)5-6-10-15-7-8-19(10)4/h7-9,16H,5-6,14H2,1-4H3. The van der Waals surface area contributed by atoms with Crippen molar-refractivity contribution >= 4 is 11.5 Å². The first kappa shape index (κ1) is 15.1. The number of nitrogens with one attached hydrogen (secondary N) is 1. The summed E-state index contributed by atoms with van der Waals surface area (Å²) >= 11 is 1.42. The molecule has 0 aliphatic carbocycles. The van der Waals surface area contributed by atoms with Gasteiger partial charge >= 0.3 is 0 Å². The molecule has 7 heteroatoms. The van der Waals surface area contributed by atoms with Crippen LogP contribution in [0.1, 0.15) is 49.6 Å². The number of hydrazine groups is 1. The van der Waals surface area contributed by atoms with Gasteiger partial charge < -0.3 is 4.57 Å². The molecule has 2 rings (SSSR count). The maximum Gasteiger partial charge on any atom is 0.108 e. The molecule has 0 aliphatic heterocycles. The van der Waals surface area contributed by atoms with Gasteiger partial charge in [0.2, 0.25) is 0 Å². The van der Waals surface area contributed by atoms with Gasteiger partial charge in [-0.1, -0.05) is 25.3 Å². The van der Waals surface area contributed by atoms with Crippen molar-refractivity contribution in [2.45, 2.75) is 45.1 Å². The van der Waals surface area contributed by atoms with Crippen LogP contribution in [-0.2, 0) is 18.9 Å². The molecule has 20 heavy (non-hydrogen) atoms. The fraction of sp³-hybridized carbons (Fsp3) is 0.615. The number of hydrogen-bond acceptors (Lipinski definition) is 6. The number of nitrogens with zero attached hydrogens (tertiary/aromatic N) is 4. The third-order valence-corrected chi connectivity index (χ3v) is 4.16. The number of aryl methyl sites for hydroxylation is 2. The van der Waals surface area contributed by atoms with Gasteiger partial charge in [-0.15, -0.1) is 5.10 Å². The summed E-state index contributed by atoms with van der Waals surface area (Å²) in [5.41, 5.74) is 3.88. The molecule has 0 amide bonds. The van der Waals surface area contributed by atoms with Gasteiger partial charge in [-0.3, -0.25) is 11.3 Å². The van der Waals surface area contributed by atoms with E-state index in [-0.39, 0.29) is 11.5 Å². The summed E-state index contributed by atoms with van der Waals surface area (Å²) in [6.45, 7) is 6.42. The third kappa shape index (κ3) is 3.23. The minimum atomic E-state index is -0.0271. The molecule has 0 aliphatic rings. The first-order valence-electron chi connectivity index (χ1n) is 6.68. The van der Waals surface area contributed by atoms with Gasteiger partial charge in [0.15, 0.2) is 0 Å². The zero-order chi connectivity index (χ0) is 14.8. The highest BCUT2D eigenvalue weighted by Crippen LogP contribution is 2.31. The van der Waals surface area contributed by atoms with Crippen molar-refractivity contribution in [3.05, 3.63) is 28.8 Å². The first-order valence-corrected chi connectivity index (χ1v) is 7.46. The summed E-state index contributed by atoms with van der Waals surface area (Å²) in [6.07, 6.45) is 5.50. The molecule has 0 fully saturated rings. The van der Waals surface area contributed by atoms with Crippen molar-refractivity contribution in [1.29, 1.82) is 0 Å². The largest absolute Gasteiger partial charge is 0.338 e. The van der Waals surface area contributed by atoms with Crippen molar-refractivity contribution in [3.8, 4) is 0 Å². The van der Waals surface area contributed by atoms with Crippen molar-refractivity contribution in [2.24, 2.45) is 12.9 Å². The van der Waals surface area contributed by atoms with Gasteiger partial charge in [0, 0.05) is 31.3 Å². The summed E-state index contributed by atoms with van der Waals surface area (Å²) in [6, 6.07) is 0.0564. The zero-order valence-electron chi connectivity index (χ0n) is 12.4. The Kier molecular flexibility index (Phi) is 4.52. The SMILES string of the molecule is Cn1ccnc1CCC(NN)c1snnc1C(C)(C)C. The van der Waals surface area contributed by atoms with Crippen LogP contribution in [0.3, 0.4) is 0 Å². The fourth-order valence-electron chi connectivity index (χ4n) is 2.15. The van der Waals surface area contributed by atoms with E-state index >= 15 is 0 Å². The zero-order valence-corrected chi connectivity index (χ0v) is 13.2. The summed E-state index contributed by atoms with van der Waals surface area (Å²) in [5.74, 6) is 6.78. The molecule has 2 heterocycles. The Hall–Kier alpha value is -1.31. The van der Waals surface area contributed by atoms with E-state index in [1.54, 1.807) is 0 Å². The molecular weight excluding hydrogens is 272 g/mol. The van der Waals surface area contributed by atoms with Crippen LogP contribution >= 0.6 is 11.5 Å². The molecule has 0 bridgehead atoms. The van der Waals surface area contributed by atoms with Crippen LogP contribution in [0.25, 0.3) is 0 Å². The Bertz CT molecular complexity index is 553. The lowest BCUT2D eigenvalue weighted by Crippen LogP contribution is -2.30. The quantitative estimate of drug-likeness (QED) is 0.648. The highest BCUT2D eigenvalue weighted by Gasteiger charge is 2.26. The topological polar surface area (TPSA) is 81.7 Å². The Morgan fingerprint density at radius 1 is 1.45 bits per heavy atom. The molecule has 2 aromatic heterocycles. The smallest absolute Gasteiger partial charge is 0.108 e. The van der Waals surface area contributed by atoms with Crippen LogP contribution in [0.2, 0.25) is 0 Å². The summed E-state index contributed by atoms with van der Waals surface area (Å²) in [4.78, 5) is 5.46. The van der Waals surface area contributed by atoms with Crippen LogP contribution in [0.5, 0.6) is 0 Å². The minimum Gasteiger partial charge on any atom is -0.338 e. The summed E-state index contributed by atoms with van der Waals surface area (Å²) in [5, 5.41) is 4.27. The maximum absolute atomic E-state index is 5.73. The predicted octanol–water partition coefficient (Wildman–Crippen LogP) is 1.71. The summed E-state index contributed by atoms with van der Waals surface area (Å²) < 4.78 is 6.13. The van der Waals surface area contributed by atoms with E-state index in [4.69, 9.17) is 5.84 Å². The maximum atomic E-state index is 5.73. The fourth-order valence-corrected chi connectivity index (χ4v) is 3.10.